The fraction of sp³-hybridized carbons (Fsp3) is 0. The van der Waals surface area contributed by atoms with Gasteiger partial charge in [-0.05, 0) is 0 Å². The van der Waals surface area contributed by atoms with Crippen LogP contribution in [-0.4, -0.2) is 12.1 Å². The van der Waals surface area contributed by atoms with Gasteiger partial charge in [-0.15, -0.1) is 0 Å². The van der Waals surface area contributed by atoms with E-state index in [1.54, 1.807) is 5.32 Å². The van der Waals surface area contributed by atoms with E-state index in [2.05, 4.69) is 21.9 Å². The molecule has 0 fully saturated rings. The van der Waals surface area contributed by atoms with Gasteiger partial charge in [0.2, 0.25) is 0 Å². The van der Waals surface area contributed by atoms with E-state index in [9.17, 15) is 9.59 Å². The molecule has 0 saturated heterocycles. The molecule has 6 heteroatoms. The molecule has 0 rings (SSSR count). The lowest BCUT2D eigenvalue weighted by molar-refractivity contribution is 0.235. The number of halogens is 1. The number of hydrogen-bond donors (Lipinski definition) is 3. The summed E-state index contributed by atoms with van der Waals surface area (Å²) in [4.78, 5) is 19.9. The zero-order valence-corrected chi connectivity index (χ0v) is 5.36. The van der Waals surface area contributed by atoms with Gasteiger partial charge in [-0.1, -0.05) is 0 Å². The molecule has 0 aromatic carbocycles. The van der Waals surface area contributed by atoms with Crippen LogP contribution < -0.4 is 15.4 Å². The standard InChI is InChI=1S/C2H4BrN3O2/c3-6-2(8)5-1(4)7/h(H4,4,5,6,7,8). The van der Waals surface area contributed by atoms with Crippen LogP contribution in [0.3, 0.4) is 0 Å². The molecule has 46 valence electrons. The Labute approximate surface area is 53.9 Å². The number of nitrogens with two attached hydrogens (primary N) is 1. The van der Waals surface area contributed by atoms with Crippen molar-refractivity contribution in [3.8, 4) is 0 Å². The number of nitrogens with one attached hydrogen (secondary N) is 2. The third-order valence-electron chi connectivity index (χ3n) is 0.323. The van der Waals surface area contributed by atoms with Crippen molar-refractivity contribution in [1.82, 2.24) is 9.66 Å². The third kappa shape index (κ3) is 3.41. The van der Waals surface area contributed by atoms with Gasteiger partial charge in [-0.25, -0.2) is 9.59 Å². The van der Waals surface area contributed by atoms with Crippen molar-refractivity contribution in [2.24, 2.45) is 5.73 Å². The molecule has 0 radical (unpaired) electrons. The summed E-state index contributed by atoms with van der Waals surface area (Å²) in [6.07, 6.45) is 0. The first-order valence-electron chi connectivity index (χ1n) is 1.64. The summed E-state index contributed by atoms with van der Waals surface area (Å²) in [5.41, 5.74) is 4.54. The lowest BCUT2D eigenvalue weighted by atomic mass is 10.9. The molecule has 0 aliphatic carbocycles. The number of rotatable bonds is 0. The normalized spacial score (nSPS) is 7.62. The van der Waals surface area contributed by atoms with Crippen LogP contribution in [0.5, 0.6) is 0 Å². The first-order valence-corrected chi connectivity index (χ1v) is 2.43. The van der Waals surface area contributed by atoms with Crippen LogP contribution in [0.2, 0.25) is 0 Å². The fourth-order valence-corrected chi connectivity index (χ4v) is 0.235. The van der Waals surface area contributed by atoms with Crippen LogP contribution in [0.4, 0.5) is 9.59 Å². The van der Waals surface area contributed by atoms with Crippen LogP contribution in [0.15, 0.2) is 0 Å². The second-order valence-electron chi connectivity index (χ2n) is 0.913. The van der Waals surface area contributed by atoms with Gasteiger partial charge in [-0.2, -0.15) is 0 Å². The summed E-state index contributed by atoms with van der Waals surface area (Å²) in [5, 5.41) is 1.73. The average molecular weight is 182 g/mol. The van der Waals surface area contributed by atoms with Crippen LogP contribution in [0, 0.1) is 0 Å². The Morgan fingerprint density at radius 1 is 1.50 bits per heavy atom. The Kier molecular flexibility index (Phi) is 2.93. The van der Waals surface area contributed by atoms with Crippen LogP contribution in [-0.2, 0) is 0 Å². The van der Waals surface area contributed by atoms with E-state index < -0.39 is 12.1 Å². The highest BCUT2D eigenvalue weighted by Gasteiger charge is 1.97. The van der Waals surface area contributed by atoms with E-state index in [1.807, 2.05) is 4.34 Å². The van der Waals surface area contributed by atoms with Crippen molar-refractivity contribution in [2.75, 3.05) is 0 Å². The molecule has 0 aromatic heterocycles. The summed E-state index contributed by atoms with van der Waals surface area (Å²) in [5.74, 6) is 0. The van der Waals surface area contributed by atoms with Crippen molar-refractivity contribution in [2.45, 2.75) is 0 Å². The monoisotopic (exact) mass is 181 g/mol. The zero-order valence-electron chi connectivity index (χ0n) is 3.77. The molecular weight excluding hydrogens is 178 g/mol. The van der Waals surface area contributed by atoms with Crippen LogP contribution in [0.25, 0.3) is 0 Å². The lowest BCUT2D eigenvalue weighted by Crippen LogP contribution is -2.38. The molecule has 0 bridgehead atoms. The van der Waals surface area contributed by atoms with E-state index in [1.165, 1.54) is 0 Å². The number of urea groups is 2. The van der Waals surface area contributed by atoms with Crippen molar-refractivity contribution < 1.29 is 9.59 Å². The summed E-state index contributed by atoms with van der Waals surface area (Å²) in [6.45, 7) is 0. The first-order chi connectivity index (χ1) is 3.66. The molecule has 0 aliphatic rings. The minimum Gasteiger partial charge on any atom is -0.351 e. The lowest BCUT2D eigenvalue weighted by Gasteiger charge is -1.93. The Bertz CT molecular complexity index is 114. The average Bonchev–Trinajstić information content (AvgIpc) is 1.65. The minimum absolute atomic E-state index is 0.683. The molecule has 0 spiro atoms. The maximum atomic E-state index is 10.1. The summed E-state index contributed by atoms with van der Waals surface area (Å²) < 4.78 is 1.96. The first kappa shape index (κ1) is 7.22. The molecule has 4 N–H and O–H groups in total. The van der Waals surface area contributed by atoms with Crippen LogP contribution >= 0.6 is 16.1 Å². The number of primary amides is 1. The highest BCUT2D eigenvalue weighted by Crippen LogP contribution is 1.67. The zero-order chi connectivity index (χ0) is 6.57. The van der Waals surface area contributed by atoms with E-state index in [0.717, 1.165) is 0 Å². The molecule has 0 atom stereocenters. The maximum absolute atomic E-state index is 10.1. The summed E-state index contributed by atoms with van der Waals surface area (Å²) in [7, 11) is 0. The number of carbonyl (C=O) groups is 2. The highest BCUT2D eigenvalue weighted by atomic mass is 79.9. The molecule has 0 aliphatic heterocycles. The molecule has 8 heavy (non-hydrogen) atoms. The predicted molar refractivity (Wildman–Crippen MR) is 30.2 cm³/mol. The van der Waals surface area contributed by atoms with Gasteiger partial charge in [0.25, 0.3) is 0 Å². The van der Waals surface area contributed by atoms with Gasteiger partial charge in [0.15, 0.2) is 0 Å². The Morgan fingerprint density at radius 3 is 2.12 bits per heavy atom. The molecular formula is C2H4BrN3O2. The van der Waals surface area contributed by atoms with Gasteiger partial charge in [0.1, 0.15) is 0 Å². The third-order valence-corrected chi connectivity index (χ3v) is 0.683. The van der Waals surface area contributed by atoms with Gasteiger partial charge in [0, 0.05) is 0 Å². The molecule has 0 unspecified atom stereocenters. The summed E-state index contributed by atoms with van der Waals surface area (Å²) in [6, 6.07) is -1.57. The van der Waals surface area contributed by atoms with E-state index >= 15 is 0 Å². The Balaban J connectivity index is 3.40. The summed E-state index contributed by atoms with van der Waals surface area (Å²) >= 11 is 2.57. The highest BCUT2D eigenvalue weighted by molar-refractivity contribution is 9.08. The second kappa shape index (κ2) is 3.25. The Hall–Kier alpha value is -0.780. The fourth-order valence-electron chi connectivity index (χ4n) is 0.136. The molecule has 0 aromatic rings. The van der Waals surface area contributed by atoms with Gasteiger partial charge < -0.3 is 5.73 Å². The van der Waals surface area contributed by atoms with Gasteiger partial charge >= 0.3 is 12.1 Å². The number of carbonyl (C=O) groups excluding carboxylic acids is 2. The van der Waals surface area contributed by atoms with Gasteiger partial charge in [-0.3, -0.25) is 9.66 Å². The topological polar surface area (TPSA) is 84.2 Å². The van der Waals surface area contributed by atoms with E-state index in [0.29, 0.717) is 0 Å². The SMILES string of the molecule is NC(=O)NC(=O)NBr. The van der Waals surface area contributed by atoms with Crippen molar-refractivity contribution >= 4 is 28.2 Å². The molecule has 4 amide bonds. The quantitative estimate of drug-likeness (QED) is 0.448. The van der Waals surface area contributed by atoms with E-state index in [4.69, 9.17) is 0 Å². The minimum atomic E-state index is -0.887. The molecule has 0 saturated carbocycles. The maximum Gasteiger partial charge on any atom is 0.332 e. The second-order valence-corrected chi connectivity index (χ2v) is 1.31. The molecule has 0 heterocycles. The van der Waals surface area contributed by atoms with Crippen molar-refractivity contribution in [3.05, 3.63) is 0 Å². The number of amides is 4. The smallest absolute Gasteiger partial charge is 0.332 e. The van der Waals surface area contributed by atoms with Crippen molar-refractivity contribution in [1.29, 1.82) is 0 Å². The predicted octanol–water partition coefficient (Wildman–Crippen LogP) is -0.326. The van der Waals surface area contributed by atoms with Crippen molar-refractivity contribution in [3.63, 3.8) is 0 Å². The number of imide groups is 1. The van der Waals surface area contributed by atoms with Crippen LogP contribution in [0.1, 0.15) is 0 Å². The van der Waals surface area contributed by atoms with E-state index in [-0.39, 0.29) is 0 Å². The van der Waals surface area contributed by atoms with Gasteiger partial charge in [0.05, 0.1) is 16.1 Å². The Morgan fingerprint density at radius 2 is 2.00 bits per heavy atom. The number of hydrogen-bond acceptors (Lipinski definition) is 2. The molecule has 5 nitrogen and oxygen atoms in total. The largest absolute Gasteiger partial charge is 0.351 e.